The second-order valence-corrected chi connectivity index (χ2v) is 10.2. The van der Waals surface area contributed by atoms with Gasteiger partial charge in [0.05, 0.1) is 11.6 Å². The number of likely N-dealkylation sites (N-methyl/N-ethyl adjacent to an activating group) is 1. The molecule has 2 amide bonds. The quantitative estimate of drug-likeness (QED) is 0.364. The molecule has 0 saturated carbocycles. The number of piperidine rings is 1. The summed E-state index contributed by atoms with van der Waals surface area (Å²) in [5, 5.41) is 3.06. The minimum atomic E-state index is -0.0932. The summed E-state index contributed by atoms with van der Waals surface area (Å²) in [4.78, 5) is 30.3. The molecule has 190 valence electrons. The van der Waals surface area contributed by atoms with Crippen molar-refractivity contribution in [2.24, 2.45) is 11.8 Å². The van der Waals surface area contributed by atoms with Gasteiger partial charge >= 0.3 is 0 Å². The summed E-state index contributed by atoms with van der Waals surface area (Å²) < 4.78 is 0.983. The normalized spacial score (nSPS) is 15.2. The van der Waals surface area contributed by atoms with Crippen molar-refractivity contribution in [1.82, 2.24) is 4.90 Å². The summed E-state index contributed by atoms with van der Waals surface area (Å²) >= 11 is 3.73. The lowest BCUT2D eigenvalue weighted by Crippen LogP contribution is -2.42. The predicted molar refractivity (Wildman–Crippen MR) is 149 cm³/mol. The summed E-state index contributed by atoms with van der Waals surface area (Å²) in [5.74, 6) is 0.603. The van der Waals surface area contributed by atoms with Crippen molar-refractivity contribution in [3.8, 4) is 0 Å². The van der Waals surface area contributed by atoms with Crippen molar-refractivity contribution < 1.29 is 9.59 Å². The maximum Gasteiger partial charge on any atom is 0.230 e. The molecule has 0 radical (unpaired) electrons. The Balaban J connectivity index is 1.71. The van der Waals surface area contributed by atoms with E-state index in [1.807, 2.05) is 49.1 Å². The van der Waals surface area contributed by atoms with Gasteiger partial charge in [-0.05, 0) is 85.1 Å². The predicted octanol–water partition coefficient (Wildman–Crippen LogP) is 6.69. The molecule has 1 aliphatic heterocycles. The molecular weight excluding hydrogens is 502 g/mol. The number of benzene rings is 2. The molecule has 1 N–H and O–H groups in total. The summed E-state index contributed by atoms with van der Waals surface area (Å²) in [6.45, 7) is 11.5. The Morgan fingerprint density at radius 2 is 1.63 bits per heavy atom. The number of rotatable bonds is 10. The molecule has 0 aromatic heterocycles. The molecule has 1 fully saturated rings. The van der Waals surface area contributed by atoms with E-state index in [1.165, 1.54) is 0 Å². The third-order valence-corrected chi connectivity index (χ3v) is 8.06. The van der Waals surface area contributed by atoms with Gasteiger partial charge in [-0.2, -0.15) is 0 Å². The minimum Gasteiger partial charge on any atom is -0.371 e. The molecule has 1 saturated heterocycles. The zero-order valence-corrected chi connectivity index (χ0v) is 23.2. The molecule has 1 aliphatic rings. The SMILES string of the molecule is CCC(CC)C(=O)Nc1ccc(N2CCC(C(C(=O)N(CC)CC)c3ccccc3)CC2)c(Br)c1. The van der Waals surface area contributed by atoms with Crippen LogP contribution >= 0.6 is 15.9 Å². The number of carbonyl (C=O) groups is 2. The summed E-state index contributed by atoms with van der Waals surface area (Å²) in [6.07, 6.45) is 3.62. The van der Waals surface area contributed by atoms with Crippen LogP contribution in [0.15, 0.2) is 53.0 Å². The number of amides is 2. The highest BCUT2D eigenvalue weighted by Gasteiger charge is 2.34. The van der Waals surface area contributed by atoms with Crippen molar-refractivity contribution in [2.75, 3.05) is 36.4 Å². The van der Waals surface area contributed by atoms with Crippen LogP contribution in [0, 0.1) is 11.8 Å². The number of hydrogen-bond acceptors (Lipinski definition) is 3. The lowest BCUT2D eigenvalue weighted by molar-refractivity contribution is -0.134. The third kappa shape index (κ3) is 6.66. The van der Waals surface area contributed by atoms with Crippen molar-refractivity contribution >= 4 is 39.1 Å². The molecule has 35 heavy (non-hydrogen) atoms. The van der Waals surface area contributed by atoms with Gasteiger partial charge < -0.3 is 15.1 Å². The molecule has 2 aromatic rings. The topological polar surface area (TPSA) is 52.7 Å². The van der Waals surface area contributed by atoms with Crippen molar-refractivity contribution in [1.29, 1.82) is 0 Å². The second kappa shape index (κ2) is 13.1. The van der Waals surface area contributed by atoms with Crippen LogP contribution in [0.25, 0.3) is 0 Å². The molecular formula is C29H40BrN3O2. The van der Waals surface area contributed by atoms with Crippen LogP contribution in [0.5, 0.6) is 0 Å². The molecule has 0 bridgehead atoms. The highest BCUT2D eigenvalue weighted by molar-refractivity contribution is 9.10. The largest absolute Gasteiger partial charge is 0.371 e. The van der Waals surface area contributed by atoms with Gasteiger partial charge in [0.15, 0.2) is 0 Å². The van der Waals surface area contributed by atoms with Gasteiger partial charge in [0.2, 0.25) is 11.8 Å². The first-order valence-electron chi connectivity index (χ1n) is 13.1. The Morgan fingerprint density at radius 1 is 1.00 bits per heavy atom. The van der Waals surface area contributed by atoms with Crippen LogP contribution in [0.2, 0.25) is 0 Å². The fraction of sp³-hybridized carbons (Fsp3) is 0.517. The Kier molecular flexibility index (Phi) is 10.2. The second-order valence-electron chi connectivity index (χ2n) is 9.39. The van der Waals surface area contributed by atoms with Crippen molar-refractivity contribution in [2.45, 2.75) is 59.3 Å². The molecule has 6 heteroatoms. The first-order chi connectivity index (χ1) is 16.9. The van der Waals surface area contributed by atoms with Gasteiger partial charge in [0.1, 0.15) is 0 Å². The van der Waals surface area contributed by atoms with E-state index in [0.717, 1.165) is 73.3 Å². The lowest BCUT2D eigenvalue weighted by Gasteiger charge is -2.38. The van der Waals surface area contributed by atoms with Crippen LogP contribution in [-0.2, 0) is 9.59 Å². The molecule has 1 heterocycles. The van der Waals surface area contributed by atoms with Crippen LogP contribution in [0.3, 0.4) is 0 Å². The zero-order chi connectivity index (χ0) is 25.4. The highest BCUT2D eigenvalue weighted by atomic mass is 79.9. The minimum absolute atomic E-state index is 0.0455. The van der Waals surface area contributed by atoms with E-state index in [4.69, 9.17) is 0 Å². The van der Waals surface area contributed by atoms with Gasteiger partial charge in [-0.1, -0.05) is 44.2 Å². The van der Waals surface area contributed by atoms with Crippen LogP contribution in [-0.4, -0.2) is 42.9 Å². The molecule has 2 aromatic carbocycles. The number of anilines is 2. The first kappa shape index (κ1) is 27.3. The lowest BCUT2D eigenvalue weighted by atomic mass is 9.79. The Hall–Kier alpha value is -2.34. The fourth-order valence-corrected chi connectivity index (χ4v) is 5.86. The Bertz CT molecular complexity index is 965. The van der Waals surface area contributed by atoms with E-state index in [0.29, 0.717) is 5.92 Å². The fourth-order valence-electron chi connectivity index (χ4n) is 5.23. The van der Waals surface area contributed by atoms with E-state index in [9.17, 15) is 9.59 Å². The van der Waals surface area contributed by atoms with Crippen molar-refractivity contribution in [3.63, 3.8) is 0 Å². The standard InChI is InChI=1S/C29H40BrN3O2/c1-5-21(6-2)28(34)31-24-14-15-26(25(30)20-24)33-18-16-23(17-19-33)27(22-12-10-9-11-13-22)29(35)32(7-3)8-4/h9-15,20-21,23,27H,5-8,16-19H2,1-4H3,(H,31,34). The van der Waals surface area contributed by atoms with Gasteiger partial charge in [-0.15, -0.1) is 0 Å². The van der Waals surface area contributed by atoms with E-state index in [1.54, 1.807) is 0 Å². The van der Waals surface area contributed by atoms with Crippen LogP contribution in [0.4, 0.5) is 11.4 Å². The van der Waals surface area contributed by atoms with Crippen LogP contribution < -0.4 is 10.2 Å². The van der Waals surface area contributed by atoms with E-state index in [-0.39, 0.29) is 23.7 Å². The third-order valence-electron chi connectivity index (χ3n) is 7.42. The maximum absolute atomic E-state index is 13.5. The highest BCUT2D eigenvalue weighted by Crippen LogP contribution is 2.38. The number of nitrogens with zero attached hydrogens (tertiary/aromatic N) is 2. The van der Waals surface area contributed by atoms with Gasteiger partial charge in [-0.3, -0.25) is 9.59 Å². The van der Waals surface area contributed by atoms with E-state index in [2.05, 4.69) is 58.2 Å². The number of hydrogen-bond donors (Lipinski definition) is 1. The summed E-state index contributed by atoms with van der Waals surface area (Å²) in [6, 6.07) is 16.4. The number of nitrogens with one attached hydrogen (secondary N) is 1. The molecule has 1 unspecified atom stereocenters. The molecule has 0 spiro atoms. The number of carbonyl (C=O) groups excluding carboxylic acids is 2. The summed E-state index contributed by atoms with van der Waals surface area (Å²) in [5.41, 5.74) is 3.08. The average molecular weight is 543 g/mol. The van der Waals surface area contributed by atoms with Gasteiger partial charge in [0, 0.05) is 42.3 Å². The molecule has 5 nitrogen and oxygen atoms in total. The van der Waals surface area contributed by atoms with Crippen molar-refractivity contribution in [3.05, 3.63) is 58.6 Å². The Labute approximate surface area is 219 Å². The first-order valence-corrected chi connectivity index (χ1v) is 13.9. The monoisotopic (exact) mass is 541 g/mol. The zero-order valence-electron chi connectivity index (χ0n) is 21.6. The Morgan fingerprint density at radius 3 is 2.17 bits per heavy atom. The summed E-state index contributed by atoms with van der Waals surface area (Å²) in [7, 11) is 0. The average Bonchev–Trinajstić information content (AvgIpc) is 2.87. The smallest absolute Gasteiger partial charge is 0.230 e. The number of halogens is 1. The molecule has 3 rings (SSSR count). The van der Waals surface area contributed by atoms with Gasteiger partial charge in [0.25, 0.3) is 0 Å². The molecule has 1 atom stereocenters. The van der Waals surface area contributed by atoms with E-state index >= 15 is 0 Å². The van der Waals surface area contributed by atoms with Crippen LogP contribution in [0.1, 0.15) is 64.9 Å². The van der Waals surface area contributed by atoms with E-state index < -0.39 is 0 Å². The van der Waals surface area contributed by atoms with Gasteiger partial charge in [-0.25, -0.2) is 0 Å². The maximum atomic E-state index is 13.5. The molecule has 0 aliphatic carbocycles.